The van der Waals surface area contributed by atoms with E-state index in [1.807, 2.05) is 27.7 Å². The highest BCUT2D eigenvalue weighted by Crippen LogP contribution is 2.70. The highest BCUT2D eigenvalue weighted by Gasteiger charge is 2.62. The van der Waals surface area contributed by atoms with E-state index in [9.17, 15) is 0 Å². The molecule has 0 aromatic rings. The number of rotatable bonds is 3. The van der Waals surface area contributed by atoms with E-state index in [2.05, 4.69) is 47.3 Å². The summed E-state index contributed by atoms with van der Waals surface area (Å²) >= 11 is 0. The summed E-state index contributed by atoms with van der Waals surface area (Å²) in [5.74, 6) is 6.06. The molecule has 4 aliphatic carbocycles. The summed E-state index contributed by atoms with van der Waals surface area (Å²) in [5, 5.41) is 0. The van der Waals surface area contributed by atoms with Gasteiger partial charge in [-0.15, -0.1) is 6.58 Å². The molecule has 0 aromatic carbocycles. The standard InChI is InChI=1S/C25H42.C4H8.C2H6.CH4/c1-6-7-8-18(3)21-9-10-22-20-16-19-15-17(2)11-13-24(19,4)23(20)12-14-25(21,22)5;1-4(2)3;1-2;/h8,17,19-23H,6-7,9-16H2,1-5H3;1H2,2-3H3;1-2H3;1H4/b18-8+;;;. The first-order valence-corrected chi connectivity index (χ1v) is 13.9. The second-order valence-electron chi connectivity index (χ2n) is 12.3. The molecule has 0 aromatic heterocycles. The van der Waals surface area contributed by atoms with Crippen molar-refractivity contribution in [3.05, 3.63) is 23.8 Å². The van der Waals surface area contributed by atoms with Gasteiger partial charge in [-0.25, -0.2) is 0 Å². The molecule has 0 spiro atoms. The molecule has 0 heterocycles. The van der Waals surface area contributed by atoms with Crippen molar-refractivity contribution in [2.75, 3.05) is 0 Å². The molecule has 0 amide bonds. The second kappa shape index (κ2) is 12.3. The van der Waals surface area contributed by atoms with Crippen LogP contribution in [0.4, 0.5) is 0 Å². The fourth-order valence-corrected chi connectivity index (χ4v) is 8.51. The Hall–Kier alpha value is -0.520. The van der Waals surface area contributed by atoms with Crippen LogP contribution in [0.1, 0.15) is 134 Å². The molecule has 0 aliphatic heterocycles. The Bertz CT molecular complexity index is 608. The number of fused-ring (bicyclic) bond motifs is 5. The largest absolute Gasteiger partial charge is 0.100 e. The van der Waals surface area contributed by atoms with Gasteiger partial charge in [0.25, 0.3) is 0 Å². The smallest absolute Gasteiger partial charge is 0.0149 e. The molecular weight excluding hydrogens is 384 g/mol. The van der Waals surface area contributed by atoms with Crippen LogP contribution in [0.15, 0.2) is 23.8 Å². The van der Waals surface area contributed by atoms with Gasteiger partial charge in [-0.3, -0.25) is 0 Å². The zero-order valence-corrected chi connectivity index (χ0v) is 22.8. The summed E-state index contributed by atoms with van der Waals surface area (Å²) in [5.41, 5.74) is 4.22. The van der Waals surface area contributed by atoms with Crippen molar-refractivity contribution < 1.29 is 0 Å². The lowest BCUT2D eigenvalue weighted by molar-refractivity contribution is -0.0116. The summed E-state index contributed by atoms with van der Waals surface area (Å²) in [6.07, 6.45) is 17.4. The third-order valence-corrected chi connectivity index (χ3v) is 9.94. The van der Waals surface area contributed by atoms with E-state index < -0.39 is 0 Å². The quantitative estimate of drug-likeness (QED) is 0.380. The van der Waals surface area contributed by atoms with E-state index in [-0.39, 0.29) is 7.43 Å². The third kappa shape index (κ3) is 5.75. The lowest BCUT2D eigenvalue weighted by atomic mass is 9.54. The predicted octanol–water partition coefficient (Wildman–Crippen LogP) is 10.9. The van der Waals surface area contributed by atoms with Gasteiger partial charge in [0.1, 0.15) is 0 Å². The first-order chi connectivity index (χ1) is 14.6. The van der Waals surface area contributed by atoms with Gasteiger partial charge in [-0.2, -0.15) is 0 Å². The average molecular weight is 445 g/mol. The number of unbranched alkanes of at least 4 members (excludes halogenated alkanes) is 1. The summed E-state index contributed by atoms with van der Waals surface area (Å²) in [7, 11) is 0. The monoisotopic (exact) mass is 444 g/mol. The van der Waals surface area contributed by atoms with Crippen molar-refractivity contribution in [2.24, 2.45) is 46.3 Å². The van der Waals surface area contributed by atoms with Crippen LogP contribution >= 0.6 is 0 Å². The van der Waals surface area contributed by atoms with Crippen LogP contribution in [0.3, 0.4) is 0 Å². The van der Waals surface area contributed by atoms with Gasteiger partial charge in [-0.05, 0) is 118 Å². The van der Waals surface area contributed by atoms with Crippen LogP contribution in [0.5, 0.6) is 0 Å². The first kappa shape index (κ1) is 29.5. The van der Waals surface area contributed by atoms with Gasteiger partial charge in [0.2, 0.25) is 0 Å². The summed E-state index contributed by atoms with van der Waals surface area (Å²) in [6, 6.07) is 0. The summed E-state index contributed by atoms with van der Waals surface area (Å²) < 4.78 is 0. The normalized spacial score (nSPS) is 42.1. The first-order valence-electron chi connectivity index (χ1n) is 13.9. The van der Waals surface area contributed by atoms with Crippen LogP contribution in [0, 0.1) is 46.3 Å². The molecule has 4 fully saturated rings. The van der Waals surface area contributed by atoms with Crippen LogP contribution in [0.2, 0.25) is 0 Å². The Balaban J connectivity index is 0.000000662. The molecule has 188 valence electrons. The lowest BCUT2D eigenvalue weighted by Crippen LogP contribution is -2.43. The van der Waals surface area contributed by atoms with Gasteiger partial charge in [0.15, 0.2) is 0 Å². The molecular formula is C32H60. The van der Waals surface area contributed by atoms with Gasteiger partial charge >= 0.3 is 0 Å². The lowest BCUT2D eigenvalue weighted by Gasteiger charge is -2.51. The molecule has 4 saturated carbocycles. The molecule has 4 aliphatic rings. The van der Waals surface area contributed by atoms with Crippen molar-refractivity contribution in [3.8, 4) is 0 Å². The Morgan fingerprint density at radius 1 is 0.906 bits per heavy atom. The van der Waals surface area contributed by atoms with Crippen LogP contribution in [-0.2, 0) is 0 Å². The SMILES string of the molecule is C.C=C(C)C.CC.CCC/C=C(\C)C1CCC2C3CC4CC(C)CCC4(C)C3CCC12C. The highest BCUT2D eigenvalue weighted by molar-refractivity contribution is 5.18. The summed E-state index contributed by atoms with van der Waals surface area (Å²) in [4.78, 5) is 0. The Morgan fingerprint density at radius 2 is 1.47 bits per heavy atom. The van der Waals surface area contributed by atoms with Crippen LogP contribution < -0.4 is 0 Å². The molecule has 0 N–H and O–H groups in total. The van der Waals surface area contributed by atoms with E-state index >= 15 is 0 Å². The maximum Gasteiger partial charge on any atom is -0.0149 e. The van der Waals surface area contributed by atoms with Crippen molar-refractivity contribution in [2.45, 2.75) is 134 Å². The minimum absolute atomic E-state index is 0. The maximum atomic E-state index is 3.56. The van der Waals surface area contributed by atoms with Crippen LogP contribution in [-0.4, -0.2) is 0 Å². The molecule has 8 atom stereocenters. The fourth-order valence-electron chi connectivity index (χ4n) is 8.51. The fraction of sp³-hybridized carbons (Fsp3) is 0.875. The van der Waals surface area contributed by atoms with Gasteiger partial charge in [0.05, 0.1) is 0 Å². The number of hydrogen-bond acceptors (Lipinski definition) is 0. The van der Waals surface area contributed by atoms with Gasteiger partial charge < -0.3 is 0 Å². The third-order valence-electron chi connectivity index (χ3n) is 9.94. The minimum Gasteiger partial charge on any atom is -0.100 e. The van der Waals surface area contributed by atoms with Crippen molar-refractivity contribution in [1.82, 2.24) is 0 Å². The Morgan fingerprint density at radius 3 is 2.06 bits per heavy atom. The molecule has 0 radical (unpaired) electrons. The number of hydrogen-bond donors (Lipinski definition) is 0. The zero-order chi connectivity index (χ0) is 23.4. The molecule has 8 unspecified atom stereocenters. The van der Waals surface area contributed by atoms with E-state index in [0.717, 1.165) is 35.5 Å². The molecule has 0 saturated heterocycles. The zero-order valence-electron chi connectivity index (χ0n) is 22.8. The van der Waals surface area contributed by atoms with E-state index in [1.54, 1.807) is 12.0 Å². The summed E-state index contributed by atoms with van der Waals surface area (Å²) in [6.45, 7) is 24.2. The highest BCUT2D eigenvalue weighted by atomic mass is 14.7. The number of allylic oxidation sites excluding steroid dienone is 3. The molecule has 0 heteroatoms. The Kier molecular flexibility index (Phi) is 11.3. The van der Waals surface area contributed by atoms with E-state index in [4.69, 9.17) is 0 Å². The second-order valence-corrected chi connectivity index (χ2v) is 12.3. The topological polar surface area (TPSA) is 0 Å². The molecule has 0 bridgehead atoms. The van der Waals surface area contributed by atoms with Crippen molar-refractivity contribution in [1.29, 1.82) is 0 Å². The Labute approximate surface area is 204 Å². The predicted molar refractivity (Wildman–Crippen MR) is 147 cm³/mol. The molecule has 0 nitrogen and oxygen atoms in total. The van der Waals surface area contributed by atoms with E-state index in [0.29, 0.717) is 10.8 Å². The minimum atomic E-state index is 0. The molecule has 32 heavy (non-hydrogen) atoms. The van der Waals surface area contributed by atoms with Gasteiger partial charge in [-0.1, -0.05) is 79.0 Å². The van der Waals surface area contributed by atoms with Crippen molar-refractivity contribution in [3.63, 3.8) is 0 Å². The van der Waals surface area contributed by atoms with Crippen LogP contribution in [0.25, 0.3) is 0 Å². The average Bonchev–Trinajstić information content (AvgIpc) is 3.21. The van der Waals surface area contributed by atoms with Gasteiger partial charge in [0, 0.05) is 0 Å². The maximum absolute atomic E-state index is 3.56. The van der Waals surface area contributed by atoms with E-state index in [1.165, 1.54) is 63.4 Å². The van der Waals surface area contributed by atoms with Crippen molar-refractivity contribution >= 4 is 0 Å². The molecule has 4 rings (SSSR count).